The molecule has 0 aliphatic heterocycles. The number of benzene rings is 3. The van der Waals surface area contributed by atoms with E-state index in [2.05, 4.69) is 60.0 Å². The summed E-state index contributed by atoms with van der Waals surface area (Å²) in [5.41, 5.74) is -5.78. The van der Waals surface area contributed by atoms with Crippen LogP contribution in [0.3, 0.4) is 0 Å². The lowest BCUT2D eigenvalue weighted by Gasteiger charge is -2.25. The van der Waals surface area contributed by atoms with Gasteiger partial charge in [-0.2, -0.15) is 39.5 Å². The maximum atomic E-state index is 13.5. The van der Waals surface area contributed by atoms with Gasteiger partial charge in [0.1, 0.15) is 46.9 Å². The van der Waals surface area contributed by atoms with E-state index >= 15 is 0 Å². The summed E-state index contributed by atoms with van der Waals surface area (Å²) in [5, 5.41) is -1.06. The Kier molecular flexibility index (Phi) is 34.0. The fraction of sp³-hybridized carbons (Fsp3) is 0.190. The molecule has 634 valence electrons. The van der Waals surface area contributed by atoms with Crippen molar-refractivity contribution in [2.75, 3.05) is 88.1 Å². The molecule has 9 aromatic rings. The van der Waals surface area contributed by atoms with Gasteiger partial charge in [0.15, 0.2) is 0 Å². The Morgan fingerprint density at radius 1 is 0.436 bits per heavy atom. The molecule has 0 atom stereocenters. The summed E-state index contributed by atoms with van der Waals surface area (Å²) in [4.78, 5) is 63.7. The predicted molar refractivity (Wildman–Crippen MR) is 420 cm³/mol. The standard InChI is InChI=1S/C21H17Cl2F3N4O6S2.C19H13Cl2F3N4O5S2.C14H10BrCl2F3N2O3S.C9H13N3O4S.ClH/c1-36-11-30(38(34,35)14-3-4-16(23)15(9-14)21(24,25)26)17-8-13(22)10-28-19(17)20(31)12-5-6-27-18(7-12)29-37(2,32)33;1-34(30,31)28-16-6-10(4-5-25-16)18(29)17-15(7-11(20)9-26-17)27-35(32,33)12-2-3-14(21)13(8-12)19(22,23)24;1-25-7-22(12-4-8(16)6-21-13(12)15)26(23,24)9-2-3-11(17)10(5-9)14(18,19)20;1-12(16-2)9(13)7-4-5-10-8(6-7)11-17(3,14)15;/h3-10H,11H2,1-2H3,(H,27,29);2-9,27H,1H3,(H,25,28);2-6H,7H2,1H3;4-6H,1-3H3,(H,10,11);1H. The topological polar surface area (TPSA) is 419 Å². The molecule has 3 aromatic carbocycles. The highest BCUT2D eigenvalue weighted by Crippen LogP contribution is 2.42. The number of methoxy groups -OCH3 is 2. The van der Waals surface area contributed by atoms with Crippen LogP contribution in [0.2, 0.25) is 30.1 Å². The first-order chi connectivity index (χ1) is 53.4. The Morgan fingerprint density at radius 3 is 1.15 bits per heavy atom. The molecule has 0 radical (unpaired) electrons. The van der Waals surface area contributed by atoms with Gasteiger partial charge < -0.3 is 9.47 Å². The minimum atomic E-state index is -4.95. The Morgan fingerprint density at radius 2 is 0.769 bits per heavy atom. The monoisotopic (exact) mass is 1970 g/mol. The van der Waals surface area contributed by atoms with Crippen LogP contribution in [0.4, 0.5) is 74.0 Å². The number of hydrogen-bond donors (Lipinski definition) is 4. The smallest absolute Gasteiger partial charge is 0.363 e. The minimum Gasteiger partial charge on any atom is -0.363 e. The van der Waals surface area contributed by atoms with Crippen molar-refractivity contribution in [2.24, 2.45) is 0 Å². The molecule has 0 saturated heterocycles. The van der Waals surface area contributed by atoms with Gasteiger partial charge in [-0.15, -0.1) is 12.4 Å². The third-order valence-corrected chi connectivity index (χ3v) is 22.7. The molecule has 117 heavy (non-hydrogen) atoms. The van der Waals surface area contributed by atoms with Crippen LogP contribution in [-0.2, 0) is 93.0 Å². The van der Waals surface area contributed by atoms with E-state index in [4.69, 9.17) is 83.9 Å². The first kappa shape index (κ1) is 99.2. The van der Waals surface area contributed by atoms with Gasteiger partial charge in [0.25, 0.3) is 36.0 Å². The molecule has 0 fully saturated rings. The van der Waals surface area contributed by atoms with Crippen LogP contribution < -0.4 is 27.5 Å². The number of hydroxylamine groups is 2. The van der Waals surface area contributed by atoms with Crippen LogP contribution in [0.15, 0.2) is 166 Å². The Bertz CT molecular complexity index is 5960. The molecule has 0 saturated carbocycles. The van der Waals surface area contributed by atoms with E-state index < -0.39 is 179 Å². The highest BCUT2D eigenvalue weighted by atomic mass is 79.9. The van der Waals surface area contributed by atoms with Gasteiger partial charge in [0.2, 0.25) is 41.6 Å². The average molecular weight is 1970 g/mol. The molecule has 54 heteroatoms. The fourth-order valence-electron chi connectivity index (χ4n) is 8.94. The summed E-state index contributed by atoms with van der Waals surface area (Å²) in [6, 6.07) is 17.1. The molecule has 0 bridgehead atoms. The quantitative estimate of drug-likeness (QED) is 0.0136. The number of sulfonamides is 6. The number of carbonyl (C=O) groups excluding carboxylic acids is 3. The SMILES string of the molecule is COCN(c1cc(Cl)cnc1Br)S(=O)(=O)c1ccc(Cl)c(C(F)(F)F)c1.COCN(c1cc(Cl)cnc1C(=O)c1ccnc(NS(C)(=O)=O)c1)S(=O)(=O)c1ccc(Cl)c(C(F)(F)F)c1.CON(C)C(=O)c1ccnc(NS(C)(=O)=O)c1.CS(=O)(=O)Nc1cc(C(=O)c2ncc(Cl)cc2NS(=O)(=O)c2ccc(Cl)c(C(F)(F)F)c2)ccn1.Cl. The number of aromatic nitrogens is 6. The number of ketones is 2. The predicted octanol–water partition coefficient (Wildman–Crippen LogP) is 13.9. The molecule has 6 heterocycles. The van der Waals surface area contributed by atoms with Crippen LogP contribution in [0.25, 0.3) is 0 Å². The molecule has 0 aliphatic rings. The lowest BCUT2D eigenvalue weighted by Crippen LogP contribution is -2.34. The second-order valence-electron chi connectivity index (χ2n) is 22.7. The van der Waals surface area contributed by atoms with Crippen LogP contribution in [0.5, 0.6) is 0 Å². The highest BCUT2D eigenvalue weighted by Gasteiger charge is 2.40. The molecular weight excluding hydrogens is 1920 g/mol. The molecule has 0 aliphatic carbocycles. The molecule has 9 rings (SSSR count). The highest BCUT2D eigenvalue weighted by molar-refractivity contribution is 9.10. The number of pyridine rings is 6. The van der Waals surface area contributed by atoms with Crippen LogP contribution in [-0.4, -0.2) is 164 Å². The number of carbonyl (C=O) groups is 3. The van der Waals surface area contributed by atoms with E-state index in [0.717, 1.165) is 121 Å². The summed E-state index contributed by atoms with van der Waals surface area (Å²) in [6.45, 7) is -1.22. The van der Waals surface area contributed by atoms with E-state index in [1.165, 1.54) is 64.0 Å². The Labute approximate surface area is 705 Å². The zero-order valence-corrected chi connectivity index (χ0v) is 71.4. The molecule has 1 amide bonds. The van der Waals surface area contributed by atoms with Crippen molar-refractivity contribution in [1.82, 2.24) is 35.0 Å². The van der Waals surface area contributed by atoms with Gasteiger partial charge in [0, 0.05) is 75.1 Å². The molecule has 4 N–H and O–H groups in total. The third kappa shape index (κ3) is 27.9. The molecule has 0 unspecified atom stereocenters. The Balaban J connectivity index is 0.000000287. The first-order valence-corrected chi connectivity index (χ1v) is 43.5. The van der Waals surface area contributed by atoms with E-state index in [1.807, 2.05) is 4.72 Å². The zero-order chi connectivity index (χ0) is 87.4. The molecule has 31 nitrogen and oxygen atoms in total. The van der Waals surface area contributed by atoms with Gasteiger partial charge in [-0.05, 0) is 125 Å². The minimum absolute atomic E-state index is 0. The number of alkyl halides is 9. The average Bonchev–Trinajstić information content (AvgIpc) is 0.765. The molecular formula is C63H54BrCl7F9N13O18S6. The summed E-state index contributed by atoms with van der Waals surface area (Å²) < 4.78 is 285. The second-order valence-corrected chi connectivity index (χ2v) is 36.6. The number of hydrogen-bond acceptors (Lipinski definition) is 24. The van der Waals surface area contributed by atoms with Crippen LogP contribution in [0.1, 0.15) is 59.2 Å². The number of amides is 1. The van der Waals surface area contributed by atoms with E-state index in [0.29, 0.717) is 22.5 Å². The zero-order valence-electron chi connectivity index (χ0n) is 59.5. The number of anilines is 6. The lowest BCUT2D eigenvalue weighted by molar-refractivity contribution is -0.138. The van der Waals surface area contributed by atoms with Crippen molar-refractivity contribution in [3.8, 4) is 0 Å². The molecule has 0 spiro atoms. The van der Waals surface area contributed by atoms with Crippen molar-refractivity contribution < 1.29 is 119 Å². The van der Waals surface area contributed by atoms with Crippen LogP contribution in [0, 0.1) is 0 Å². The molecule has 6 aromatic heterocycles. The van der Waals surface area contributed by atoms with Crippen molar-refractivity contribution >= 4 is 210 Å². The third-order valence-electron chi connectivity index (χ3n) is 13.9. The number of rotatable bonds is 25. The largest absolute Gasteiger partial charge is 0.417 e. The Hall–Kier alpha value is -8.37. The maximum Gasteiger partial charge on any atom is 0.417 e. The number of nitrogens with one attached hydrogen (secondary N) is 4. The summed E-state index contributed by atoms with van der Waals surface area (Å²) in [5.74, 6) is -2.43. The fourth-order valence-corrected chi connectivity index (χ4v) is 16.0. The first-order valence-electron chi connectivity index (χ1n) is 30.4. The van der Waals surface area contributed by atoms with Gasteiger partial charge in [0.05, 0.1) is 104 Å². The van der Waals surface area contributed by atoms with Crippen molar-refractivity contribution in [1.29, 1.82) is 0 Å². The van der Waals surface area contributed by atoms with Gasteiger partial charge in [-0.3, -0.25) is 38.1 Å². The van der Waals surface area contributed by atoms with Gasteiger partial charge in [-0.25, -0.2) is 94.1 Å². The van der Waals surface area contributed by atoms with E-state index in [1.54, 1.807) is 0 Å². The lowest BCUT2D eigenvalue weighted by atomic mass is 10.1. The van der Waals surface area contributed by atoms with Crippen molar-refractivity contribution in [3.05, 3.63) is 226 Å². The number of nitrogens with zero attached hydrogens (tertiary/aromatic N) is 9. The van der Waals surface area contributed by atoms with Crippen molar-refractivity contribution in [2.45, 2.75) is 33.2 Å². The number of halogens is 17. The summed E-state index contributed by atoms with van der Waals surface area (Å²) in [6.07, 6.45) is -4.96. The second kappa shape index (κ2) is 40.1. The van der Waals surface area contributed by atoms with Crippen LogP contribution >= 0.6 is 97.9 Å². The normalized spacial score (nSPS) is 12.0. The number of ether oxygens (including phenoxy) is 2. The summed E-state index contributed by atoms with van der Waals surface area (Å²) >= 11 is 37.6. The van der Waals surface area contributed by atoms with Crippen molar-refractivity contribution in [3.63, 3.8) is 0 Å². The van der Waals surface area contributed by atoms with E-state index in [9.17, 15) is 104 Å². The van der Waals surface area contributed by atoms with Gasteiger partial charge >= 0.3 is 18.5 Å². The summed E-state index contributed by atoms with van der Waals surface area (Å²) in [7, 11) is -19.6. The van der Waals surface area contributed by atoms with Gasteiger partial charge in [-0.1, -0.05) is 69.6 Å². The van der Waals surface area contributed by atoms with E-state index in [-0.39, 0.29) is 71.9 Å². The maximum absolute atomic E-state index is 13.5.